The Balaban J connectivity index is 1.16. The molecule has 2 aromatic carbocycles. The maximum absolute atomic E-state index is 13.0. The highest BCUT2D eigenvalue weighted by Crippen LogP contribution is 2.28. The first kappa shape index (κ1) is 22.1. The first-order chi connectivity index (χ1) is 16.6. The van der Waals surface area contributed by atoms with Crippen molar-refractivity contribution >= 4 is 17.3 Å². The predicted octanol–water partition coefficient (Wildman–Crippen LogP) is 1.90. The van der Waals surface area contributed by atoms with E-state index < -0.39 is 0 Å². The number of para-hydroxylation sites is 2. The minimum Gasteiger partial charge on any atom is -0.571 e. The van der Waals surface area contributed by atoms with Crippen LogP contribution in [0, 0.1) is 5.21 Å². The van der Waals surface area contributed by atoms with Gasteiger partial charge < -0.3 is 14.8 Å². The molecular weight excluding hydrogens is 434 g/mol. The van der Waals surface area contributed by atoms with Gasteiger partial charge in [-0.25, -0.2) is 0 Å². The van der Waals surface area contributed by atoms with Gasteiger partial charge >= 0.3 is 0 Å². The molecule has 3 aromatic rings. The number of hydrogen-bond acceptors (Lipinski definition) is 7. The van der Waals surface area contributed by atoms with Gasteiger partial charge in [0, 0.05) is 47.4 Å². The number of ether oxygens (including phenoxy) is 1. The molecule has 34 heavy (non-hydrogen) atoms. The molecule has 0 atom stereocenters. The third-order valence-electron chi connectivity index (χ3n) is 6.61. The minimum atomic E-state index is -0.374. The largest absolute Gasteiger partial charge is 0.571 e. The Morgan fingerprint density at radius 3 is 2.29 bits per heavy atom. The van der Waals surface area contributed by atoms with Gasteiger partial charge in [0.05, 0.1) is 19.3 Å². The third kappa shape index (κ3) is 3.92. The van der Waals surface area contributed by atoms with Crippen LogP contribution in [0.2, 0.25) is 0 Å². The zero-order valence-corrected chi connectivity index (χ0v) is 19.1. The van der Waals surface area contributed by atoms with Crippen molar-refractivity contribution in [3.05, 3.63) is 76.3 Å². The quantitative estimate of drug-likeness (QED) is 0.236. The molecule has 0 amide bonds. The molecule has 0 bridgehead atoms. The number of carbonyl (C=O) groups excluding carboxylic acids is 2. The Bertz CT molecular complexity index is 1230. The number of ketones is 2. The Morgan fingerprint density at radius 1 is 0.912 bits per heavy atom. The number of carbonyl (C=O) groups is 2. The van der Waals surface area contributed by atoms with Crippen LogP contribution in [0.15, 0.2) is 48.5 Å². The van der Waals surface area contributed by atoms with E-state index in [1.165, 1.54) is 4.68 Å². The molecule has 0 radical (unpaired) electrons. The summed E-state index contributed by atoms with van der Waals surface area (Å²) in [4.78, 5) is 30.8. The smallest absolute Gasteiger partial charge is 0.220 e. The van der Waals surface area contributed by atoms with E-state index >= 15 is 0 Å². The molecule has 9 heteroatoms. The number of hydrogen-bond donors (Lipinski definition) is 0. The van der Waals surface area contributed by atoms with Gasteiger partial charge in [-0.2, -0.15) is 0 Å². The molecule has 0 N–H and O–H groups in total. The molecule has 0 saturated carbocycles. The Morgan fingerprint density at radius 2 is 1.56 bits per heavy atom. The summed E-state index contributed by atoms with van der Waals surface area (Å²) in [6.45, 7) is 4.99. The van der Waals surface area contributed by atoms with Gasteiger partial charge in [0.1, 0.15) is 5.75 Å². The van der Waals surface area contributed by atoms with Crippen molar-refractivity contribution in [1.29, 1.82) is 0 Å². The average Bonchev–Trinajstić information content (AvgIpc) is 3.22. The SMILES string of the molecule is COc1ccccc1N1CCN(CCCCn2c3c(n[n+]2[O-])C(=O)c2ccccc2C3=O)CC1. The van der Waals surface area contributed by atoms with Crippen LogP contribution in [0.4, 0.5) is 5.69 Å². The normalized spacial score (nSPS) is 15.9. The van der Waals surface area contributed by atoms with Crippen LogP contribution >= 0.6 is 0 Å². The van der Waals surface area contributed by atoms with Gasteiger partial charge in [0.15, 0.2) is 5.69 Å². The lowest BCUT2D eigenvalue weighted by Gasteiger charge is -2.36. The number of benzene rings is 2. The van der Waals surface area contributed by atoms with Crippen LogP contribution in [0.3, 0.4) is 0 Å². The zero-order chi connectivity index (χ0) is 23.7. The summed E-state index contributed by atoms with van der Waals surface area (Å²) in [6, 6.07) is 14.7. The van der Waals surface area contributed by atoms with Crippen molar-refractivity contribution in [2.45, 2.75) is 19.4 Å². The molecule has 0 spiro atoms. The topological polar surface area (TPSA) is 94.6 Å². The second kappa shape index (κ2) is 9.26. The van der Waals surface area contributed by atoms with E-state index in [-0.39, 0.29) is 23.0 Å². The summed E-state index contributed by atoms with van der Waals surface area (Å²) < 4.78 is 6.78. The molecule has 1 aliphatic carbocycles. The summed E-state index contributed by atoms with van der Waals surface area (Å²) in [5.74, 6) is 0.197. The maximum Gasteiger partial charge on any atom is 0.220 e. The maximum atomic E-state index is 13.0. The first-order valence-electron chi connectivity index (χ1n) is 11.6. The summed E-state index contributed by atoms with van der Waals surface area (Å²) in [5, 5.41) is 16.2. The van der Waals surface area contributed by atoms with E-state index in [1.807, 2.05) is 18.2 Å². The first-order valence-corrected chi connectivity index (χ1v) is 11.6. The highest BCUT2D eigenvalue weighted by Gasteiger charge is 2.38. The van der Waals surface area contributed by atoms with Gasteiger partial charge in [-0.15, -0.1) is 4.68 Å². The zero-order valence-electron chi connectivity index (χ0n) is 19.1. The summed E-state index contributed by atoms with van der Waals surface area (Å²) >= 11 is 0. The summed E-state index contributed by atoms with van der Waals surface area (Å²) in [6.07, 6.45) is 1.58. The van der Waals surface area contributed by atoms with E-state index in [9.17, 15) is 14.8 Å². The van der Waals surface area contributed by atoms with Crippen molar-refractivity contribution in [1.82, 2.24) is 14.7 Å². The van der Waals surface area contributed by atoms with Crippen LogP contribution in [0.5, 0.6) is 5.75 Å². The van der Waals surface area contributed by atoms with Gasteiger partial charge in [0.25, 0.3) is 0 Å². The number of unbranched alkanes of at least 4 members (excludes halogenated alkanes) is 1. The van der Waals surface area contributed by atoms with E-state index in [0.29, 0.717) is 29.1 Å². The lowest BCUT2D eigenvalue weighted by molar-refractivity contribution is -0.749. The van der Waals surface area contributed by atoms with Crippen molar-refractivity contribution in [3.63, 3.8) is 0 Å². The van der Waals surface area contributed by atoms with Crippen LogP contribution in [0.1, 0.15) is 44.9 Å². The standard InChI is InChI=1S/C25H27N5O4/c1-34-21-11-5-4-10-20(21)28-16-14-27(15-17-28)12-6-7-13-29-23-22(26-30(29)33)24(31)18-8-2-3-9-19(18)25(23)32/h2-5,8-11H,6-7,12-17H2,1H3. The van der Waals surface area contributed by atoms with Crippen molar-refractivity contribution in [3.8, 4) is 5.75 Å². The number of fused-ring (bicyclic) bond motifs is 2. The molecule has 0 unspecified atom stereocenters. The molecule has 2 aliphatic rings. The Labute approximate surface area is 197 Å². The Hall–Kier alpha value is -3.72. The fourth-order valence-electron chi connectivity index (χ4n) is 4.80. The van der Waals surface area contributed by atoms with Crippen molar-refractivity contribution < 1.29 is 19.3 Å². The minimum absolute atomic E-state index is 0.0498. The number of anilines is 1. The number of nitrogens with zero attached hydrogens (tertiary/aromatic N) is 5. The summed E-state index contributed by atoms with van der Waals surface area (Å²) in [7, 11) is 1.69. The molecule has 9 nitrogen and oxygen atoms in total. The second-order valence-electron chi connectivity index (χ2n) is 8.58. The number of rotatable bonds is 7. The molecular formula is C25H27N5O4. The van der Waals surface area contributed by atoms with Gasteiger partial charge in [-0.05, 0) is 31.5 Å². The number of methoxy groups -OCH3 is 1. The lowest BCUT2D eigenvalue weighted by atomic mass is 9.90. The molecule has 1 saturated heterocycles. The van der Waals surface area contributed by atoms with E-state index in [2.05, 4.69) is 21.0 Å². The summed E-state index contributed by atoms with van der Waals surface area (Å²) in [5.41, 5.74) is 1.80. The number of aromatic nitrogens is 3. The van der Waals surface area contributed by atoms with Crippen molar-refractivity contribution in [2.75, 3.05) is 44.7 Å². The van der Waals surface area contributed by atoms with Gasteiger partial charge in [-0.3, -0.25) is 14.5 Å². The monoisotopic (exact) mass is 461 g/mol. The van der Waals surface area contributed by atoms with Crippen LogP contribution in [0.25, 0.3) is 0 Å². The lowest BCUT2D eigenvalue weighted by Crippen LogP contribution is -2.46. The van der Waals surface area contributed by atoms with Crippen molar-refractivity contribution in [2.24, 2.45) is 0 Å². The van der Waals surface area contributed by atoms with E-state index in [4.69, 9.17) is 4.74 Å². The second-order valence-corrected chi connectivity index (χ2v) is 8.58. The molecule has 1 fully saturated rings. The van der Waals surface area contributed by atoms with Crippen LogP contribution in [-0.2, 0) is 6.54 Å². The third-order valence-corrected chi connectivity index (χ3v) is 6.61. The highest BCUT2D eigenvalue weighted by molar-refractivity contribution is 6.26. The van der Waals surface area contributed by atoms with E-state index in [0.717, 1.165) is 50.6 Å². The fourth-order valence-corrected chi connectivity index (χ4v) is 4.80. The molecule has 2 heterocycles. The van der Waals surface area contributed by atoms with E-state index in [1.54, 1.807) is 31.4 Å². The molecule has 176 valence electrons. The van der Waals surface area contributed by atoms with Crippen LogP contribution < -0.4 is 14.6 Å². The van der Waals surface area contributed by atoms with Crippen LogP contribution in [-0.4, -0.2) is 66.1 Å². The predicted molar refractivity (Wildman–Crippen MR) is 125 cm³/mol. The van der Waals surface area contributed by atoms with Gasteiger partial charge in [0.2, 0.25) is 17.3 Å². The van der Waals surface area contributed by atoms with Gasteiger partial charge in [-0.1, -0.05) is 36.4 Å². The molecule has 1 aromatic heterocycles. The molecule has 1 aliphatic heterocycles. The number of piperazine rings is 1. The Kier molecular flexibility index (Phi) is 6.02. The average molecular weight is 462 g/mol. The molecule has 5 rings (SSSR count). The highest BCUT2D eigenvalue weighted by atomic mass is 16.5. The fraction of sp³-hybridized carbons (Fsp3) is 0.360.